The van der Waals surface area contributed by atoms with E-state index in [0.29, 0.717) is 22.7 Å². The summed E-state index contributed by atoms with van der Waals surface area (Å²) >= 11 is 0. The highest BCUT2D eigenvalue weighted by molar-refractivity contribution is 7.89. The van der Waals surface area contributed by atoms with E-state index in [4.69, 9.17) is 13.9 Å². The number of aromatic nitrogens is 1. The molecule has 0 fully saturated rings. The third-order valence-corrected chi connectivity index (χ3v) is 7.06. The van der Waals surface area contributed by atoms with Gasteiger partial charge in [-0.25, -0.2) is 13.2 Å². The normalized spacial score (nSPS) is 12.3. The van der Waals surface area contributed by atoms with E-state index in [9.17, 15) is 18.0 Å². The van der Waals surface area contributed by atoms with Crippen LogP contribution in [0, 0.1) is 0 Å². The average Bonchev–Trinajstić information content (AvgIpc) is 3.16. The number of hydrogen-bond donors (Lipinski definition) is 2. The van der Waals surface area contributed by atoms with Crippen molar-refractivity contribution in [2.45, 2.75) is 17.4 Å². The Kier molecular flexibility index (Phi) is 7.13. The van der Waals surface area contributed by atoms with Gasteiger partial charge in [0.15, 0.2) is 5.58 Å². The van der Waals surface area contributed by atoms with E-state index in [-0.39, 0.29) is 16.9 Å². The van der Waals surface area contributed by atoms with Crippen molar-refractivity contribution in [1.29, 1.82) is 0 Å². The number of methoxy groups -OCH3 is 2. The number of hydrogen-bond acceptors (Lipinski definition) is 7. The Labute approximate surface area is 207 Å². The summed E-state index contributed by atoms with van der Waals surface area (Å²) in [6, 6.07) is 16.8. The average molecular weight is 512 g/mol. The SMILES string of the molecule is COc1cc(NC(=O)C(Cc2ccccc2)NS(=O)(=O)c2ccc3c(c2)oc(=O)n3C)cc(OC)c1. The minimum atomic E-state index is -4.17. The number of carbonyl (C=O) groups excluding carboxylic acids is 1. The number of sulfonamides is 1. The lowest BCUT2D eigenvalue weighted by atomic mass is 10.1. The Morgan fingerprint density at radius 1 is 1.00 bits per heavy atom. The summed E-state index contributed by atoms with van der Waals surface area (Å²) in [5.41, 5.74) is 1.71. The highest BCUT2D eigenvalue weighted by Gasteiger charge is 2.27. The number of anilines is 1. The van der Waals surface area contributed by atoms with Gasteiger partial charge in [-0.2, -0.15) is 4.72 Å². The van der Waals surface area contributed by atoms with Crippen molar-refractivity contribution in [2.24, 2.45) is 7.05 Å². The largest absolute Gasteiger partial charge is 0.497 e. The van der Waals surface area contributed by atoms with Gasteiger partial charge >= 0.3 is 5.76 Å². The van der Waals surface area contributed by atoms with Crippen LogP contribution in [-0.2, 0) is 28.3 Å². The third kappa shape index (κ3) is 5.42. The first-order chi connectivity index (χ1) is 17.2. The molecule has 0 bridgehead atoms. The zero-order valence-corrected chi connectivity index (χ0v) is 20.7. The number of nitrogens with zero attached hydrogens (tertiary/aromatic N) is 1. The van der Waals surface area contributed by atoms with Crippen LogP contribution in [0.1, 0.15) is 5.56 Å². The van der Waals surface area contributed by atoms with Gasteiger partial charge in [0.1, 0.15) is 17.5 Å². The molecule has 0 spiro atoms. The number of rotatable bonds is 9. The van der Waals surface area contributed by atoms with Crippen LogP contribution in [0.3, 0.4) is 0 Å². The molecule has 0 aliphatic carbocycles. The lowest BCUT2D eigenvalue weighted by molar-refractivity contribution is -0.117. The van der Waals surface area contributed by atoms with Crippen LogP contribution in [0.4, 0.5) is 5.69 Å². The van der Waals surface area contributed by atoms with Gasteiger partial charge in [0.25, 0.3) is 0 Å². The molecule has 36 heavy (non-hydrogen) atoms. The van der Waals surface area contributed by atoms with Gasteiger partial charge in [-0.1, -0.05) is 30.3 Å². The molecule has 0 saturated carbocycles. The Morgan fingerprint density at radius 2 is 1.67 bits per heavy atom. The fourth-order valence-corrected chi connectivity index (χ4v) is 4.89. The molecular weight excluding hydrogens is 486 g/mol. The molecule has 4 rings (SSSR count). The fraction of sp³-hybridized carbons (Fsp3) is 0.200. The van der Waals surface area contributed by atoms with Crippen molar-refractivity contribution in [2.75, 3.05) is 19.5 Å². The molecule has 1 heterocycles. The second kappa shape index (κ2) is 10.3. The molecule has 3 aromatic carbocycles. The van der Waals surface area contributed by atoms with Crippen LogP contribution in [0.25, 0.3) is 11.1 Å². The number of amides is 1. The monoisotopic (exact) mass is 511 g/mol. The van der Waals surface area contributed by atoms with Crippen molar-refractivity contribution < 1.29 is 27.1 Å². The second-order valence-electron chi connectivity index (χ2n) is 8.01. The molecule has 1 aromatic heterocycles. The van der Waals surface area contributed by atoms with Crippen LogP contribution < -0.4 is 25.3 Å². The van der Waals surface area contributed by atoms with E-state index in [1.54, 1.807) is 42.5 Å². The van der Waals surface area contributed by atoms with Crippen molar-refractivity contribution in [3.05, 3.63) is 82.8 Å². The maximum atomic E-state index is 13.3. The number of oxazole rings is 1. The number of carbonyl (C=O) groups is 1. The van der Waals surface area contributed by atoms with E-state index in [2.05, 4.69) is 10.0 Å². The molecule has 11 heteroatoms. The van der Waals surface area contributed by atoms with Gasteiger partial charge in [-0.15, -0.1) is 0 Å². The summed E-state index contributed by atoms with van der Waals surface area (Å²) in [6.45, 7) is 0. The zero-order valence-electron chi connectivity index (χ0n) is 19.8. The summed E-state index contributed by atoms with van der Waals surface area (Å²) in [5.74, 6) is -0.266. The van der Waals surface area contributed by atoms with E-state index < -0.39 is 27.7 Å². The highest BCUT2D eigenvalue weighted by atomic mass is 32.2. The van der Waals surface area contributed by atoms with E-state index >= 15 is 0 Å². The molecular formula is C25H25N3O7S. The van der Waals surface area contributed by atoms with E-state index in [0.717, 1.165) is 5.56 Å². The molecule has 0 radical (unpaired) electrons. The molecule has 0 aliphatic rings. The predicted molar refractivity (Wildman–Crippen MR) is 134 cm³/mol. The summed E-state index contributed by atoms with van der Waals surface area (Å²) in [6.07, 6.45) is 0.0929. The minimum absolute atomic E-state index is 0.0929. The summed E-state index contributed by atoms with van der Waals surface area (Å²) in [7, 11) is 0.322. The lowest BCUT2D eigenvalue weighted by Gasteiger charge is -2.19. The number of ether oxygens (including phenoxy) is 2. The van der Waals surface area contributed by atoms with Gasteiger partial charge in [-0.3, -0.25) is 9.36 Å². The van der Waals surface area contributed by atoms with Gasteiger partial charge in [-0.05, 0) is 24.1 Å². The van der Waals surface area contributed by atoms with Gasteiger partial charge < -0.3 is 19.2 Å². The number of nitrogens with one attached hydrogen (secondary N) is 2. The van der Waals surface area contributed by atoms with Crippen molar-refractivity contribution >= 4 is 32.7 Å². The van der Waals surface area contributed by atoms with Crippen LogP contribution in [-0.4, -0.2) is 39.2 Å². The van der Waals surface area contributed by atoms with Crippen LogP contribution in [0.15, 0.2) is 80.8 Å². The number of aryl methyl sites for hydroxylation is 1. The first-order valence-corrected chi connectivity index (χ1v) is 12.4. The van der Waals surface area contributed by atoms with Gasteiger partial charge in [0.05, 0.1) is 24.6 Å². The summed E-state index contributed by atoms with van der Waals surface area (Å²) < 4.78 is 45.9. The molecule has 1 amide bonds. The van der Waals surface area contributed by atoms with Crippen molar-refractivity contribution in [1.82, 2.24) is 9.29 Å². The first-order valence-electron chi connectivity index (χ1n) is 10.9. The summed E-state index contributed by atoms with van der Waals surface area (Å²) in [5, 5.41) is 2.74. The van der Waals surface area contributed by atoms with Crippen LogP contribution in [0.5, 0.6) is 11.5 Å². The highest BCUT2D eigenvalue weighted by Crippen LogP contribution is 2.26. The smallest absolute Gasteiger partial charge is 0.419 e. The van der Waals surface area contributed by atoms with Gasteiger partial charge in [0, 0.05) is 37.0 Å². The Morgan fingerprint density at radius 3 is 2.31 bits per heavy atom. The topological polar surface area (TPSA) is 129 Å². The van der Waals surface area contributed by atoms with Crippen LogP contribution >= 0.6 is 0 Å². The Balaban J connectivity index is 1.65. The molecule has 1 atom stereocenters. The molecule has 0 aliphatic heterocycles. The predicted octanol–water partition coefficient (Wildman–Crippen LogP) is 2.68. The van der Waals surface area contributed by atoms with Crippen molar-refractivity contribution in [3.63, 3.8) is 0 Å². The van der Waals surface area contributed by atoms with E-state index in [1.165, 1.54) is 44.0 Å². The molecule has 0 saturated heterocycles. The molecule has 4 aromatic rings. The lowest BCUT2D eigenvalue weighted by Crippen LogP contribution is -2.45. The standard InChI is InChI=1S/C25H25N3O7S/c1-28-22-10-9-20(15-23(22)35-25(28)30)36(31,32)27-21(11-16-7-5-4-6-8-16)24(29)26-17-12-18(33-2)14-19(13-17)34-3/h4-10,12-15,21,27H,11H2,1-3H3,(H,26,29). The minimum Gasteiger partial charge on any atom is -0.497 e. The summed E-state index contributed by atoms with van der Waals surface area (Å²) in [4.78, 5) is 25.0. The molecule has 10 nitrogen and oxygen atoms in total. The Hall–Kier alpha value is -4.09. The maximum absolute atomic E-state index is 13.3. The fourth-order valence-electron chi connectivity index (χ4n) is 3.68. The van der Waals surface area contributed by atoms with E-state index in [1.807, 2.05) is 6.07 Å². The molecule has 188 valence electrons. The molecule has 1 unspecified atom stereocenters. The molecule has 2 N–H and O–H groups in total. The number of benzene rings is 3. The second-order valence-corrected chi connectivity index (χ2v) is 9.72. The maximum Gasteiger partial charge on any atom is 0.419 e. The van der Waals surface area contributed by atoms with Crippen LogP contribution in [0.2, 0.25) is 0 Å². The zero-order chi connectivity index (χ0) is 25.9. The van der Waals surface area contributed by atoms with Crippen molar-refractivity contribution in [3.8, 4) is 11.5 Å². The quantitative estimate of drug-likeness (QED) is 0.353. The Bertz CT molecular complexity index is 1540. The third-order valence-electron chi connectivity index (χ3n) is 5.59. The number of fused-ring (bicyclic) bond motifs is 1. The van der Waals surface area contributed by atoms with Gasteiger partial charge in [0.2, 0.25) is 15.9 Å². The first kappa shape index (κ1) is 25.0.